The lowest BCUT2D eigenvalue weighted by Crippen LogP contribution is -2.45. The molecular formula is C12H22N2O2. The van der Waals surface area contributed by atoms with Crippen molar-refractivity contribution in [1.82, 2.24) is 10.2 Å². The Morgan fingerprint density at radius 1 is 1.25 bits per heavy atom. The van der Waals surface area contributed by atoms with Crippen LogP contribution in [0.4, 0.5) is 4.79 Å². The van der Waals surface area contributed by atoms with E-state index >= 15 is 0 Å². The van der Waals surface area contributed by atoms with Crippen LogP contribution < -0.4 is 5.32 Å². The normalized spacial score (nSPS) is 29.9. The molecule has 4 nitrogen and oxygen atoms in total. The maximum atomic E-state index is 11.8. The van der Waals surface area contributed by atoms with E-state index in [0.29, 0.717) is 24.6 Å². The number of carbonyl (C=O) groups excluding carboxylic acids is 1. The molecule has 2 aliphatic carbocycles. The maximum absolute atomic E-state index is 11.8. The van der Waals surface area contributed by atoms with Gasteiger partial charge in [0, 0.05) is 25.7 Å². The summed E-state index contributed by atoms with van der Waals surface area (Å²) in [6, 6.07) is 0.875. The van der Waals surface area contributed by atoms with Crippen molar-refractivity contribution < 1.29 is 9.90 Å². The molecule has 2 saturated carbocycles. The van der Waals surface area contributed by atoms with Crippen LogP contribution in [0.5, 0.6) is 0 Å². The Morgan fingerprint density at radius 2 is 1.88 bits per heavy atom. The average Bonchev–Trinajstić information content (AvgIpc) is 3.12. The molecule has 0 heterocycles. The van der Waals surface area contributed by atoms with Gasteiger partial charge in [-0.15, -0.1) is 0 Å². The number of urea groups is 1. The molecule has 0 aromatic carbocycles. The third-order valence-electron chi connectivity index (χ3n) is 3.85. The largest absolute Gasteiger partial charge is 0.396 e. The summed E-state index contributed by atoms with van der Waals surface area (Å²) >= 11 is 0. The number of nitrogens with one attached hydrogen (secondary N) is 1. The summed E-state index contributed by atoms with van der Waals surface area (Å²) in [7, 11) is 1.89. The van der Waals surface area contributed by atoms with Crippen LogP contribution in [-0.4, -0.2) is 41.8 Å². The van der Waals surface area contributed by atoms with Gasteiger partial charge in [0.25, 0.3) is 0 Å². The number of hydrogen-bond acceptors (Lipinski definition) is 2. The first-order valence-electron chi connectivity index (χ1n) is 6.35. The van der Waals surface area contributed by atoms with Crippen LogP contribution in [0.3, 0.4) is 0 Å². The quantitative estimate of drug-likeness (QED) is 0.763. The monoisotopic (exact) mass is 226 g/mol. The SMILES string of the molecule is CN(C(=O)NC1CC1)C1CCC(CO)CC1. The van der Waals surface area contributed by atoms with E-state index in [0.717, 1.165) is 38.5 Å². The van der Waals surface area contributed by atoms with Gasteiger partial charge in [0.15, 0.2) is 0 Å². The Morgan fingerprint density at radius 3 is 2.38 bits per heavy atom. The predicted molar refractivity (Wildman–Crippen MR) is 62.1 cm³/mol. The van der Waals surface area contributed by atoms with Crippen LogP contribution in [0.1, 0.15) is 38.5 Å². The van der Waals surface area contributed by atoms with Crippen molar-refractivity contribution >= 4 is 6.03 Å². The minimum absolute atomic E-state index is 0.0787. The molecule has 0 radical (unpaired) electrons. The van der Waals surface area contributed by atoms with Crippen molar-refractivity contribution in [3.8, 4) is 0 Å². The van der Waals surface area contributed by atoms with Gasteiger partial charge in [-0.1, -0.05) is 0 Å². The van der Waals surface area contributed by atoms with Crippen molar-refractivity contribution in [1.29, 1.82) is 0 Å². The number of hydrogen-bond donors (Lipinski definition) is 2. The molecule has 0 aromatic rings. The number of amides is 2. The molecule has 0 aliphatic heterocycles. The van der Waals surface area contributed by atoms with Gasteiger partial charge in [-0.2, -0.15) is 0 Å². The summed E-state index contributed by atoms with van der Waals surface area (Å²) in [5, 5.41) is 12.1. The van der Waals surface area contributed by atoms with Crippen molar-refractivity contribution in [3.05, 3.63) is 0 Å². The van der Waals surface area contributed by atoms with Gasteiger partial charge in [-0.3, -0.25) is 0 Å². The van der Waals surface area contributed by atoms with Gasteiger partial charge >= 0.3 is 6.03 Å². The molecule has 0 atom stereocenters. The summed E-state index contributed by atoms with van der Waals surface area (Å²) < 4.78 is 0. The highest BCUT2D eigenvalue weighted by Crippen LogP contribution is 2.27. The highest BCUT2D eigenvalue weighted by atomic mass is 16.3. The summed E-state index contributed by atoms with van der Waals surface area (Å²) in [6.45, 7) is 0.296. The Labute approximate surface area is 97.0 Å². The fraction of sp³-hybridized carbons (Fsp3) is 0.917. The minimum atomic E-state index is 0.0787. The van der Waals surface area contributed by atoms with Crippen molar-refractivity contribution in [2.75, 3.05) is 13.7 Å². The van der Waals surface area contributed by atoms with Crippen LogP contribution in [0.25, 0.3) is 0 Å². The number of nitrogens with zero attached hydrogens (tertiary/aromatic N) is 1. The van der Waals surface area contributed by atoms with E-state index in [2.05, 4.69) is 5.32 Å². The van der Waals surface area contributed by atoms with Gasteiger partial charge in [0.2, 0.25) is 0 Å². The van der Waals surface area contributed by atoms with Gasteiger partial charge in [0.05, 0.1) is 0 Å². The van der Waals surface area contributed by atoms with E-state index in [1.165, 1.54) is 0 Å². The Hall–Kier alpha value is -0.770. The highest BCUT2D eigenvalue weighted by Gasteiger charge is 2.29. The minimum Gasteiger partial charge on any atom is -0.396 e. The van der Waals surface area contributed by atoms with E-state index in [1.807, 2.05) is 11.9 Å². The van der Waals surface area contributed by atoms with Crippen molar-refractivity contribution in [2.45, 2.75) is 50.6 Å². The molecule has 16 heavy (non-hydrogen) atoms. The van der Waals surface area contributed by atoms with Gasteiger partial charge in [-0.05, 0) is 44.4 Å². The van der Waals surface area contributed by atoms with Crippen LogP contribution in [0.15, 0.2) is 0 Å². The Bertz CT molecular complexity index is 245. The molecule has 0 saturated heterocycles. The van der Waals surface area contributed by atoms with Crippen LogP contribution in [0, 0.1) is 5.92 Å². The number of aliphatic hydroxyl groups excluding tert-OH is 1. The fourth-order valence-electron chi connectivity index (χ4n) is 2.38. The molecule has 0 unspecified atom stereocenters. The molecule has 2 fully saturated rings. The molecule has 2 amide bonds. The van der Waals surface area contributed by atoms with Gasteiger partial charge < -0.3 is 15.3 Å². The Balaban J connectivity index is 1.76. The van der Waals surface area contributed by atoms with Gasteiger partial charge in [-0.25, -0.2) is 4.79 Å². The first kappa shape index (κ1) is 11.7. The predicted octanol–water partition coefficient (Wildman–Crippen LogP) is 1.34. The summed E-state index contributed by atoms with van der Waals surface area (Å²) in [6.07, 6.45) is 6.41. The maximum Gasteiger partial charge on any atom is 0.317 e. The number of aliphatic hydroxyl groups is 1. The molecule has 0 spiro atoms. The molecule has 0 bridgehead atoms. The van der Waals surface area contributed by atoms with Crippen LogP contribution >= 0.6 is 0 Å². The van der Waals surface area contributed by atoms with E-state index < -0.39 is 0 Å². The second-order valence-corrected chi connectivity index (χ2v) is 5.19. The smallest absolute Gasteiger partial charge is 0.317 e. The zero-order valence-corrected chi connectivity index (χ0v) is 9.98. The Kier molecular flexibility index (Phi) is 3.69. The van der Waals surface area contributed by atoms with Crippen LogP contribution in [-0.2, 0) is 0 Å². The summed E-state index contributed by atoms with van der Waals surface area (Å²) in [5.41, 5.74) is 0. The number of carbonyl (C=O) groups is 1. The molecule has 0 aromatic heterocycles. The lowest BCUT2D eigenvalue weighted by Gasteiger charge is -2.34. The second-order valence-electron chi connectivity index (χ2n) is 5.19. The van der Waals surface area contributed by atoms with E-state index in [-0.39, 0.29) is 6.03 Å². The van der Waals surface area contributed by atoms with Crippen LogP contribution in [0.2, 0.25) is 0 Å². The highest BCUT2D eigenvalue weighted by molar-refractivity contribution is 5.74. The fourth-order valence-corrected chi connectivity index (χ4v) is 2.38. The second kappa shape index (κ2) is 5.04. The lowest BCUT2D eigenvalue weighted by atomic mass is 9.86. The molecule has 2 N–H and O–H groups in total. The molecule has 2 rings (SSSR count). The zero-order chi connectivity index (χ0) is 11.5. The van der Waals surface area contributed by atoms with E-state index in [1.54, 1.807) is 0 Å². The lowest BCUT2D eigenvalue weighted by molar-refractivity contribution is 0.134. The molecular weight excluding hydrogens is 204 g/mol. The average molecular weight is 226 g/mol. The molecule has 4 heteroatoms. The van der Waals surface area contributed by atoms with Crippen molar-refractivity contribution in [3.63, 3.8) is 0 Å². The third-order valence-corrected chi connectivity index (χ3v) is 3.85. The summed E-state index contributed by atoms with van der Waals surface area (Å²) in [4.78, 5) is 13.7. The topological polar surface area (TPSA) is 52.6 Å². The van der Waals surface area contributed by atoms with E-state index in [4.69, 9.17) is 5.11 Å². The standard InChI is InChI=1S/C12H22N2O2/c1-14(12(16)13-10-4-5-10)11-6-2-9(8-15)3-7-11/h9-11,15H,2-8H2,1H3,(H,13,16). The first-order valence-corrected chi connectivity index (χ1v) is 6.35. The van der Waals surface area contributed by atoms with Crippen molar-refractivity contribution in [2.24, 2.45) is 5.92 Å². The van der Waals surface area contributed by atoms with E-state index in [9.17, 15) is 4.79 Å². The molecule has 2 aliphatic rings. The first-order chi connectivity index (χ1) is 7.70. The number of rotatable bonds is 3. The van der Waals surface area contributed by atoms with Gasteiger partial charge in [0.1, 0.15) is 0 Å². The molecule has 92 valence electrons. The summed E-state index contributed by atoms with van der Waals surface area (Å²) in [5.74, 6) is 0.455. The third kappa shape index (κ3) is 2.88. The zero-order valence-electron chi connectivity index (χ0n) is 9.98.